The molecule has 190 valence electrons. The van der Waals surface area contributed by atoms with Crippen molar-refractivity contribution < 1.29 is 19.0 Å². The first kappa shape index (κ1) is 24.5. The quantitative estimate of drug-likeness (QED) is 0.386. The fourth-order valence-electron chi connectivity index (χ4n) is 4.30. The summed E-state index contributed by atoms with van der Waals surface area (Å²) in [5.41, 5.74) is 5.42. The van der Waals surface area contributed by atoms with Gasteiger partial charge in [-0.2, -0.15) is 5.10 Å². The molecule has 3 aromatic carbocycles. The van der Waals surface area contributed by atoms with E-state index in [1.807, 2.05) is 77.5 Å². The molecule has 1 aliphatic rings. The fraction of sp³-hybridized carbons (Fsp3) is 0.241. The van der Waals surface area contributed by atoms with Gasteiger partial charge >= 0.3 is 0 Å². The molecule has 1 aromatic heterocycles. The van der Waals surface area contributed by atoms with Gasteiger partial charge in [0.2, 0.25) is 5.91 Å². The number of anilines is 1. The summed E-state index contributed by atoms with van der Waals surface area (Å²) >= 11 is 0. The number of methoxy groups -OCH3 is 2. The van der Waals surface area contributed by atoms with Crippen molar-refractivity contribution in [1.82, 2.24) is 14.7 Å². The SMILES string of the molecule is COc1ccc(-c2cc(-c3ccc(OC)cc3)n(-c3ccc(NC(=O)CN4CCOCC4)cc3)n2)cc1. The Kier molecular flexibility index (Phi) is 7.49. The van der Waals surface area contributed by atoms with Gasteiger partial charge in [0.1, 0.15) is 11.5 Å². The number of nitrogens with zero attached hydrogens (tertiary/aromatic N) is 3. The van der Waals surface area contributed by atoms with Gasteiger partial charge in [0.05, 0.1) is 51.1 Å². The van der Waals surface area contributed by atoms with Gasteiger partial charge in [-0.15, -0.1) is 0 Å². The Hall–Kier alpha value is -4.14. The standard InChI is InChI=1S/C29H30N4O4/c1-35-25-11-3-21(4-12-25)27-19-28(22-5-13-26(36-2)14-6-22)33(31-27)24-9-7-23(8-10-24)30-29(34)20-32-15-17-37-18-16-32/h3-14,19H,15-18,20H2,1-2H3,(H,30,34). The van der Waals surface area contributed by atoms with Crippen LogP contribution in [-0.4, -0.2) is 67.7 Å². The van der Waals surface area contributed by atoms with E-state index in [2.05, 4.69) is 16.3 Å². The van der Waals surface area contributed by atoms with E-state index in [9.17, 15) is 4.79 Å². The summed E-state index contributed by atoms with van der Waals surface area (Å²) in [4.78, 5) is 14.6. The molecule has 8 heteroatoms. The third kappa shape index (κ3) is 5.82. The predicted molar refractivity (Wildman–Crippen MR) is 143 cm³/mol. The van der Waals surface area contributed by atoms with Crippen molar-refractivity contribution in [2.24, 2.45) is 0 Å². The number of hydrogen-bond donors (Lipinski definition) is 1. The molecule has 0 atom stereocenters. The van der Waals surface area contributed by atoms with Crippen molar-refractivity contribution in [1.29, 1.82) is 0 Å². The van der Waals surface area contributed by atoms with Crippen molar-refractivity contribution >= 4 is 11.6 Å². The number of carbonyl (C=O) groups excluding carboxylic acids is 1. The average molecular weight is 499 g/mol. The maximum atomic E-state index is 12.5. The van der Waals surface area contributed by atoms with Crippen LogP contribution in [0.25, 0.3) is 28.2 Å². The normalized spacial score (nSPS) is 13.8. The molecule has 0 saturated carbocycles. The van der Waals surface area contributed by atoms with Gasteiger partial charge in [0.15, 0.2) is 0 Å². The summed E-state index contributed by atoms with van der Waals surface area (Å²) in [6, 6.07) is 25.6. The van der Waals surface area contributed by atoms with Gasteiger partial charge in [-0.25, -0.2) is 4.68 Å². The molecule has 4 aromatic rings. The van der Waals surface area contributed by atoms with Crippen LogP contribution in [0.5, 0.6) is 11.5 Å². The maximum Gasteiger partial charge on any atom is 0.238 e. The van der Waals surface area contributed by atoms with Gasteiger partial charge in [0, 0.05) is 29.9 Å². The second-order valence-electron chi connectivity index (χ2n) is 8.77. The van der Waals surface area contributed by atoms with E-state index in [0.29, 0.717) is 19.8 Å². The van der Waals surface area contributed by atoms with E-state index in [4.69, 9.17) is 19.3 Å². The number of aromatic nitrogens is 2. The summed E-state index contributed by atoms with van der Waals surface area (Å²) in [6.45, 7) is 3.24. The summed E-state index contributed by atoms with van der Waals surface area (Å²) < 4.78 is 17.9. The van der Waals surface area contributed by atoms with Crippen molar-refractivity contribution in [3.05, 3.63) is 78.9 Å². The summed E-state index contributed by atoms with van der Waals surface area (Å²) in [5.74, 6) is 1.56. The molecule has 2 heterocycles. The van der Waals surface area contributed by atoms with Crippen molar-refractivity contribution in [2.75, 3.05) is 52.4 Å². The lowest BCUT2D eigenvalue weighted by molar-refractivity contribution is -0.118. The van der Waals surface area contributed by atoms with Crippen LogP contribution in [-0.2, 0) is 9.53 Å². The smallest absolute Gasteiger partial charge is 0.238 e. The number of nitrogens with one attached hydrogen (secondary N) is 1. The molecular weight excluding hydrogens is 468 g/mol. The molecule has 5 rings (SSSR count). The predicted octanol–water partition coefficient (Wildman–Crippen LogP) is 4.49. The molecule has 37 heavy (non-hydrogen) atoms. The van der Waals surface area contributed by atoms with Crippen LogP contribution in [0, 0.1) is 0 Å². The second-order valence-corrected chi connectivity index (χ2v) is 8.77. The zero-order valence-electron chi connectivity index (χ0n) is 21.0. The van der Waals surface area contributed by atoms with Gasteiger partial charge in [-0.05, 0) is 78.9 Å². The number of amides is 1. The van der Waals surface area contributed by atoms with Crippen LogP contribution in [0.1, 0.15) is 0 Å². The molecule has 1 fully saturated rings. The molecule has 0 aliphatic carbocycles. The first-order valence-corrected chi connectivity index (χ1v) is 12.2. The Morgan fingerprint density at radius 3 is 2.05 bits per heavy atom. The fourth-order valence-corrected chi connectivity index (χ4v) is 4.30. The van der Waals surface area contributed by atoms with Crippen LogP contribution in [0.3, 0.4) is 0 Å². The van der Waals surface area contributed by atoms with E-state index >= 15 is 0 Å². The van der Waals surface area contributed by atoms with Gasteiger partial charge < -0.3 is 19.5 Å². The van der Waals surface area contributed by atoms with Gasteiger partial charge in [-0.1, -0.05) is 0 Å². The van der Waals surface area contributed by atoms with Crippen LogP contribution in [0.2, 0.25) is 0 Å². The molecule has 1 amide bonds. The molecule has 1 aliphatic heterocycles. The van der Waals surface area contributed by atoms with E-state index in [1.54, 1.807) is 14.2 Å². The summed E-state index contributed by atoms with van der Waals surface area (Å²) in [6.07, 6.45) is 0. The van der Waals surface area contributed by atoms with Crippen molar-refractivity contribution in [3.63, 3.8) is 0 Å². The average Bonchev–Trinajstić information content (AvgIpc) is 3.39. The second kappa shape index (κ2) is 11.3. The lowest BCUT2D eigenvalue weighted by Crippen LogP contribution is -2.41. The molecule has 0 spiro atoms. The minimum absolute atomic E-state index is 0.0329. The van der Waals surface area contributed by atoms with Crippen LogP contribution in [0.15, 0.2) is 78.9 Å². The summed E-state index contributed by atoms with van der Waals surface area (Å²) in [5, 5.41) is 7.92. The maximum absolute atomic E-state index is 12.5. The molecule has 0 bridgehead atoms. The van der Waals surface area contributed by atoms with E-state index in [1.165, 1.54) is 0 Å². The summed E-state index contributed by atoms with van der Waals surface area (Å²) in [7, 11) is 3.31. The van der Waals surface area contributed by atoms with E-state index < -0.39 is 0 Å². The topological polar surface area (TPSA) is 77.9 Å². The Morgan fingerprint density at radius 2 is 1.46 bits per heavy atom. The Balaban J connectivity index is 1.41. The van der Waals surface area contributed by atoms with Gasteiger partial charge in [-0.3, -0.25) is 9.69 Å². The van der Waals surface area contributed by atoms with Crippen molar-refractivity contribution in [3.8, 4) is 39.7 Å². The van der Waals surface area contributed by atoms with Crippen LogP contribution >= 0.6 is 0 Å². The van der Waals surface area contributed by atoms with E-state index in [-0.39, 0.29) is 5.91 Å². The monoisotopic (exact) mass is 498 g/mol. The zero-order valence-corrected chi connectivity index (χ0v) is 21.0. The highest BCUT2D eigenvalue weighted by Gasteiger charge is 2.16. The molecule has 1 saturated heterocycles. The highest BCUT2D eigenvalue weighted by atomic mass is 16.5. The minimum Gasteiger partial charge on any atom is -0.497 e. The highest BCUT2D eigenvalue weighted by Crippen LogP contribution is 2.31. The van der Waals surface area contributed by atoms with Gasteiger partial charge in [0.25, 0.3) is 0 Å². The number of morpholine rings is 1. The number of rotatable bonds is 8. The first-order chi connectivity index (χ1) is 18.1. The Bertz CT molecular complexity index is 1330. The lowest BCUT2D eigenvalue weighted by Gasteiger charge is -2.25. The number of benzene rings is 3. The molecule has 0 unspecified atom stereocenters. The third-order valence-electron chi connectivity index (χ3n) is 6.35. The number of ether oxygens (including phenoxy) is 3. The minimum atomic E-state index is -0.0329. The molecule has 1 N–H and O–H groups in total. The number of carbonyl (C=O) groups is 1. The first-order valence-electron chi connectivity index (χ1n) is 12.2. The number of hydrogen-bond acceptors (Lipinski definition) is 6. The highest BCUT2D eigenvalue weighted by molar-refractivity contribution is 5.92. The van der Waals surface area contributed by atoms with Crippen LogP contribution < -0.4 is 14.8 Å². The molecule has 0 radical (unpaired) electrons. The third-order valence-corrected chi connectivity index (χ3v) is 6.35. The van der Waals surface area contributed by atoms with E-state index in [0.717, 1.165) is 58.5 Å². The molecule has 8 nitrogen and oxygen atoms in total. The Morgan fingerprint density at radius 1 is 0.865 bits per heavy atom. The van der Waals surface area contributed by atoms with Crippen LogP contribution in [0.4, 0.5) is 5.69 Å². The van der Waals surface area contributed by atoms with Crippen molar-refractivity contribution in [2.45, 2.75) is 0 Å². The zero-order chi connectivity index (χ0) is 25.6. The Labute approximate surface area is 216 Å². The lowest BCUT2D eigenvalue weighted by atomic mass is 10.1. The largest absolute Gasteiger partial charge is 0.497 e. The molecular formula is C29H30N4O4.